The lowest BCUT2D eigenvalue weighted by Crippen LogP contribution is -2.51. The Morgan fingerprint density at radius 2 is 1.85 bits per heavy atom. The first-order valence-corrected chi connectivity index (χ1v) is 10.2. The van der Waals surface area contributed by atoms with Crippen molar-refractivity contribution in [2.45, 2.75) is 6.04 Å². The van der Waals surface area contributed by atoms with E-state index in [9.17, 15) is 9.59 Å². The molecule has 26 heavy (non-hydrogen) atoms. The number of esters is 1. The number of piperazine rings is 1. The minimum Gasteiger partial charge on any atom is -0.468 e. The molecule has 2 heterocycles. The molecule has 1 unspecified atom stereocenters. The summed E-state index contributed by atoms with van der Waals surface area (Å²) in [6, 6.07) is 8.55. The summed E-state index contributed by atoms with van der Waals surface area (Å²) in [5.74, 6) is -0.290. The van der Waals surface area contributed by atoms with E-state index in [0.717, 1.165) is 9.35 Å². The number of ether oxygens (including phenoxy) is 1. The molecule has 1 fully saturated rings. The van der Waals surface area contributed by atoms with E-state index < -0.39 is 6.04 Å². The highest BCUT2D eigenvalue weighted by molar-refractivity contribution is 9.11. The summed E-state index contributed by atoms with van der Waals surface area (Å²) in [6.07, 6.45) is 0. The highest BCUT2D eigenvalue weighted by atomic mass is 79.9. The lowest BCUT2D eigenvalue weighted by molar-refractivity contribution is -0.148. The maximum atomic E-state index is 12.6. The van der Waals surface area contributed by atoms with Gasteiger partial charge in [0.25, 0.3) is 5.91 Å². The quantitative estimate of drug-likeness (QED) is 0.655. The summed E-state index contributed by atoms with van der Waals surface area (Å²) in [6.45, 7) is 2.32. The molecule has 1 aliphatic rings. The summed E-state index contributed by atoms with van der Waals surface area (Å²) >= 11 is 10.8. The second-order valence-electron chi connectivity index (χ2n) is 5.94. The molecule has 0 radical (unpaired) electrons. The number of nitrogens with zero attached hydrogens (tertiary/aromatic N) is 2. The minimum atomic E-state index is -0.496. The predicted molar refractivity (Wildman–Crippen MR) is 106 cm³/mol. The third kappa shape index (κ3) is 4.28. The van der Waals surface area contributed by atoms with Crippen molar-refractivity contribution in [1.82, 2.24) is 9.80 Å². The van der Waals surface area contributed by atoms with E-state index in [1.807, 2.05) is 33.4 Å². The average Bonchev–Trinajstić information content (AvgIpc) is 3.09. The molecule has 1 amide bonds. The Bertz CT molecular complexity index is 788. The zero-order chi connectivity index (χ0) is 18.7. The first-order valence-electron chi connectivity index (χ1n) is 8.10. The highest BCUT2D eigenvalue weighted by Gasteiger charge is 2.32. The van der Waals surface area contributed by atoms with Crippen LogP contribution >= 0.6 is 38.9 Å². The van der Waals surface area contributed by atoms with Crippen molar-refractivity contribution in [1.29, 1.82) is 0 Å². The molecule has 1 aromatic carbocycles. The van der Waals surface area contributed by atoms with Crippen LogP contribution in [0.1, 0.15) is 22.0 Å². The van der Waals surface area contributed by atoms with Gasteiger partial charge in [0.05, 0.1) is 16.5 Å². The van der Waals surface area contributed by atoms with Crippen molar-refractivity contribution < 1.29 is 14.3 Å². The Balaban J connectivity index is 1.70. The molecule has 1 saturated heterocycles. The summed E-state index contributed by atoms with van der Waals surface area (Å²) < 4.78 is 5.94. The third-order valence-electron chi connectivity index (χ3n) is 4.39. The van der Waals surface area contributed by atoms with E-state index in [2.05, 4.69) is 15.9 Å². The largest absolute Gasteiger partial charge is 0.468 e. The van der Waals surface area contributed by atoms with Gasteiger partial charge >= 0.3 is 5.97 Å². The molecule has 1 atom stereocenters. The molecule has 0 aliphatic carbocycles. The van der Waals surface area contributed by atoms with Crippen LogP contribution in [0, 0.1) is 0 Å². The van der Waals surface area contributed by atoms with Crippen molar-refractivity contribution >= 4 is 50.7 Å². The van der Waals surface area contributed by atoms with Gasteiger partial charge in [0.15, 0.2) is 0 Å². The Morgan fingerprint density at radius 3 is 2.38 bits per heavy atom. The number of methoxy groups -OCH3 is 1. The molecule has 0 bridgehead atoms. The van der Waals surface area contributed by atoms with E-state index in [-0.39, 0.29) is 11.9 Å². The topological polar surface area (TPSA) is 49.9 Å². The van der Waals surface area contributed by atoms with Crippen LogP contribution < -0.4 is 0 Å². The van der Waals surface area contributed by atoms with Gasteiger partial charge in [-0.1, -0.05) is 23.7 Å². The van der Waals surface area contributed by atoms with Gasteiger partial charge in [0.1, 0.15) is 6.04 Å². The monoisotopic (exact) mass is 456 g/mol. The van der Waals surface area contributed by atoms with Crippen LogP contribution in [0.15, 0.2) is 39.5 Å². The molecule has 1 aromatic heterocycles. The molecule has 5 nitrogen and oxygen atoms in total. The smallest absolute Gasteiger partial charge is 0.327 e. The van der Waals surface area contributed by atoms with E-state index in [1.54, 1.807) is 12.1 Å². The third-order valence-corrected chi connectivity index (χ3v) is 6.15. The molecule has 138 valence electrons. The summed E-state index contributed by atoms with van der Waals surface area (Å²) in [4.78, 5) is 28.8. The minimum absolute atomic E-state index is 0.0210. The Morgan fingerprint density at radius 1 is 1.19 bits per heavy atom. The van der Waals surface area contributed by atoms with Crippen molar-refractivity contribution in [3.8, 4) is 0 Å². The Hall–Kier alpha value is -1.41. The fourth-order valence-corrected chi connectivity index (χ4v) is 4.30. The summed E-state index contributed by atoms with van der Waals surface area (Å²) in [5.41, 5.74) is 1.53. The van der Waals surface area contributed by atoms with Gasteiger partial charge in [-0.15, -0.1) is 11.3 Å². The van der Waals surface area contributed by atoms with Gasteiger partial charge in [-0.05, 0) is 39.7 Å². The van der Waals surface area contributed by atoms with Crippen molar-refractivity contribution in [3.63, 3.8) is 0 Å². The summed E-state index contributed by atoms with van der Waals surface area (Å²) in [7, 11) is 1.39. The first kappa shape index (κ1) is 19.4. The molecule has 1 aliphatic heterocycles. The molecular weight excluding hydrogens is 440 g/mol. The van der Waals surface area contributed by atoms with Crippen LogP contribution in [0.3, 0.4) is 0 Å². The molecule has 3 rings (SSSR count). The Labute approximate surface area is 169 Å². The number of carbonyl (C=O) groups is 2. The number of benzene rings is 1. The van der Waals surface area contributed by atoms with Gasteiger partial charge < -0.3 is 9.64 Å². The number of hydrogen-bond donors (Lipinski definition) is 0. The fraction of sp³-hybridized carbons (Fsp3) is 0.333. The molecule has 0 saturated carbocycles. The maximum Gasteiger partial charge on any atom is 0.327 e. The summed E-state index contributed by atoms with van der Waals surface area (Å²) in [5, 5.41) is 2.47. The first-order chi connectivity index (χ1) is 12.5. The number of halogens is 2. The highest BCUT2D eigenvalue weighted by Crippen LogP contribution is 2.26. The van der Waals surface area contributed by atoms with Gasteiger partial charge in [-0.3, -0.25) is 9.69 Å². The number of carbonyl (C=O) groups excluding carboxylic acids is 2. The van der Waals surface area contributed by atoms with E-state index in [4.69, 9.17) is 16.3 Å². The molecule has 0 N–H and O–H groups in total. The van der Waals surface area contributed by atoms with Gasteiger partial charge in [-0.2, -0.15) is 0 Å². The van der Waals surface area contributed by atoms with Crippen LogP contribution in [-0.2, 0) is 9.53 Å². The van der Waals surface area contributed by atoms with Crippen LogP contribution in [0.4, 0.5) is 0 Å². The molecule has 2 aromatic rings. The van der Waals surface area contributed by atoms with Crippen LogP contribution in [0.2, 0.25) is 5.02 Å². The standard InChI is InChI=1S/C18H18BrClN2O3S/c1-25-18(24)16(12-2-4-14(20)5-3-12)21-6-8-22(9-7-21)17(23)13-10-15(19)26-11-13/h2-5,10-11,16H,6-9H2,1H3. The molecule has 8 heteroatoms. The lowest BCUT2D eigenvalue weighted by Gasteiger charge is -2.38. The SMILES string of the molecule is COC(=O)C(c1ccc(Cl)cc1)N1CCN(C(=O)c2csc(Br)c2)CC1. The molecular formula is C18H18BrClN2O3S. The number of rotatable bonds is 4. The van der Waals surface area contributed by atoms with Crippen LogP contribution in [0.25, 0.3) is 0 Å². The van der Waals surface area contributed by atoms with Gasteiger partial charge in [-0.25, -0.2) is 4.79 Å². The zero-order valence-electron chi connectivity index (χ0n) is 14.2. The normalized spacial score (nSPS) is 16.3. The second-order valence-corrected chi connectivity index (χ2v) is 8.67. The second kappa shape index (κ2) is 8.52. The van der Waals surface area contributed by atoms with Gasteiger partial charge in [0.2, 0.25) is 0 Å². The van der Waals surface area contributed by atoms with E-state index >= 15 is 0 Å². The van der Waals surface area contributed by atoms with E-state index in [1.165, 1.54) is 18.4 Å². The lowest BCUT2D eigenvalue weighted by atomic mass is 10.0. The number of hydrogen-bond acceptors (Lipinski definition) is 5. The maximum absolute atomic E-state index is 12.6. The average molecular weight is 458 g/mol. The molecule has 0 spiro atoms. The van der Waals surface area contributed by atoms with Crippen LogP contribution in [0.5, 0.6) is 0 Å². The van der Waals surface area contributed by atoms with Crippen LogP contribution in [-0.4, -0.2) is 55.0 Å². The Kier molecular flexibility index (Phi) is 6.34. The van der Waals surface area contributed by atoms with Crippen molar-refractivity contribution in [2.24, 2.45) is 0 Å². The van der Waals surface area contributed by atoms with Gasteiger partial charge in [0, 0.05) is 36.6 Å². The predicted octanol–water partition coefficient (Wildman–Crippen LogP) is 3.84. The number of amides is 1. The van der Waals surface area contributed by atoms with Crippen molar-refractivity contribution in [3.05, 3.63) is 55.6 Å². The van der Waals surface area contributed by atoms with E-state index in [0.29, 0.717) is 36.8 Å². The zero-order valence-corrected chi connectivity index (χ0v) is 17.3. The van der Waals surface area contributed by atoms with Crippen molar-refractivity contribution in [2.75, 3.05) is 33.3 Å². The fourth-order valence-electron chi connectivity index (χ4n) is 3.04. The number of thiophene rings is 1.